The van der Waals surface area contributed by atoms with Crippen molar-refractivity contribution in [1.82, 2.24) is 4.98 Å². The number of pyridine rings is 1. The Morgan fingerprint density at radius 2 is 2.29 bits per heavy atom. The van der Waals surface area contributed by atoms with Gasteiger partial charge in [0.1, 0.15) is 5.15 Å². The smallest absolute Gasteiger partial charge is 0.340 e. The fourth-order valence-corrected chi connectivity index (χ4v) is 1.59. The van der Waals surface area contributed by atoms with Crippen molar-refractivity contribution in [2.75, 3.05) is 6.61 Å². The molecule has 0 aliphatic heterocycles. The van der Waals surface area contributed by atoms with E-state index >= 15 is 0 Å². The number of alkyl halides is 2. The van der Waals surface area contributed by atoms with Crippen LogP contribution in [0.4, 0.5) is 8.78 Å². The van der Waals surface area contributed by atoms with Crippen molar-refractivity contribution in [3.63, 3.8) is 0 Å². The second-order valence-corrected chi connectivity index (χ2v) is 3.44. The van der Waals surface area contributed by atoms with Gasteiger partial charge in [0.25, 0.3) is 6.43 Å². The van der Waals surface area contributed by atoms with E-state index in [1.807, 2.05) is 0 Å². The molecule has 0 saturated heterocycles. The van der Waals surface area contributed by atoms with Crippen molar-refractivity contribution < 1.29 is 18.3 Å². The monoisotopic (exact) mass is 264 g/mol. The summed E-state index contributed by atoms with van der Waals surface area (Å²) >= 11 is 5.65. The van der Waals surface area contributed by atoms with Gasteiger partial charge >= 0.3 is 5.97 Å². The lowest BCUT2D eigenvalue weighted by atomic mass is 10.0. The van der Waals surface area contributed by atoms with E-state index in [-0.39, 0.29) is 29.4 Å². The number of halogens is 3. The first kappa shape index (κ1) is 13.8. The first-order valence-corrected chi connectivity index (χ1v) is 5.23. The Bertz CT molecular complexity index is 427. The first-order chi connectivity index (χ1) is 8.02. The fraction of sp³-hybridized carbons (Fsp3) is 0.400. The zero-order valence-electron chi connectivity index (χ0n) is 9.04. The van der Waals surface area contributed by atoms with Gasteiger partial charge in [0.15, 0.2) is 0 Å². The van der Waals surface area contributed by atoms with E-state index in [9.17, 15) is 13.6 Å². The quantitative estimate of drug-likeness (QED) is 0.669. The molecule has 1 aromatic heterocycles. The molecule has 94 valence electrons. The maximum absolute atomic E-state index is 12.9. The van der Waals surface area contributed by atoms with Crippen molar-refractivity contribution in [1.29, 1.82) is 0 Å². The number of hydrogen-bond donors (Lipinski definition) is 1. The molecular weight excluding hydrogens is 254 g/mol. The number of nitrogens with two attached hydrogens (primary N) is 1. The summed E-state index contributed by atoms with van der Waals surface area (Å²) in [5, 5.41) is -0.129. The standard InChI is InChI=1S/C10H11ClF2N2O2/c1-2-17-10(16)6-4-15-8(11)5(3-14)7(6)9(12)13/h4,9H,2-3,14H2,1H3. The SMILES string of the molecule is CCOC(=O)c1cnc(Cl)c(CN)c1C(F)F. The summed E-state index contributed by atoms with van der Waals surface area (Å²) in [7, 11) is 0. The molecule has 0 aromatic carbocycles. The normalized spacial score (nSPS) is 10.7. The largest absolute Gasteiger partial charge is 0.462 e. The van der Waals surface area contributed by atoms with Gasteiger partial charge in [0, 0.05) is 23.9 Å². The Labute approximate surface area is 102 Å². The molecule has 2 N–H and O–H groups in total. The predicted octanol–water partition coefficient (Wildman–Crippen LogP) is 2.31. The zero-order chi connectivity index (χ0) is 13.0. The topological polar surface area (TPSA) is 65.2 Å². The second-order valence-electron chi connectivity index (χ2n) is 3.08. The van der Waals surface area contributed by atoms with Crippen molar-refractivity contribution in [2.24, 2.45) is 5.73 Å². The van der Waals surface area contributed by atoms with Crippen molar-refractivity contribution >= 4 is 17.6 Å². The van der Waals surface area contributed by atoms with Crippen LogP contribution >= 0.6 is 11.6 Å². The maximum Gasteiger partial charge on any atom is 0.340 e. The van der Waals surface area contributed by atoms with Gasteiger partial charge in [-0.2, -0.15) is 0 Å². The highest BCUT2D eigenvalue weighted by atomic mass is 35.5. The van der Waals surface area contributed by atoms with E-state index in [2.05, 4.69) is 9.72 Å². The summed E-state index contributed by atoms with van der Waals surface area (Å²) in [6.45, 7) is 1.44. The van der Waals surface area contributed by atoms with Gasteiger partial charge in [-0.15, -0.1) is 0 Å². The molecule has 0 spiro atoms. The Morgan fingerprint density at radius 1 is 1.65 bits per heavy atom. The maximum atomic E-state index is 12.9. The van der Waals surface area contributed by atoms with Crippen LogP contribution in [0.5, 0.6) is 0 Å². The number of rotatable bonds is 4. The number of ether oxygens (including phenoxy) is 1. The summed E-state index contributed by atoms with van der Waals surface area (Å²) in [5.41, 5.74) is 4.48. The summed E-state index contributed by atoms with van der Waals surface area (Å²) in [5.74, 6) is -0.860. The van der Waals surface area contributed by atoms with Gasteiger partial charge in [-0.05, 0) is 6.92 Å². The number of aromatic nitrogens is 1. The number of carbonyl (C=O) groups is 1. The van der Waals surface area contributed by atoms with Crippen LogP contribution < -0.4 is 5.73 Å². The van der Waals surface area contributed by atoms with Crippen molar-refractivity contribution in [3.8, 4) is 0 Å². The van der Waals surface area contributed by atoms with E-state index in [1.54, 1.807) is 6.92 Å². The van der Waals surface area contributed by atoms with Crippen LogP contribution in [0.2, 0.25) is 5.15 Å². The van der Waals surface area contributed by atoms with E-state index in [1.165, 1.54) is 0 Å². The molecular formula is C10H11ClF2N2O2. The third kappa shape index (κ3) is 2.89. The minimum Gasteiger partial charge on any atom is -0.462 e. The van der Waals surface area contributed by atoms with Crippen LogP contribution in [0.25, 0.3) is 0 Å². The lowest BCUT2D eigenvalue weighted by molar-refractivity contribution is 0.0514. The highest BCUT2D eigenvalue weighted by Crippen LogP contribution is 2.30. The number of carbonyl (C=O) groups excluding carboxylic acids is 1. The molecule has 17 heavy (non-hydrogen) atoms. The van der Waals surface area contributed by atoms with Gasteiger partial charge in [-0.25, -0.2) is 18.6 Å². The van der Waals surface area contributed by atoms with E-state index in [0.717, 1.165) is 6.20 Å². The molecule has 0 atom stereocenters. The number of hydrogen-bond acceptors (Lipinski definition) is 4. The van der Waals surface area contributed by atoms with Crippen LogP contribution in [0.3, 0.4) is 0 Å². The fourth-order valence-electron chi connectivity index (χ4n) is 1.36. The number of nitrogens with zero attached hydrogens (tertiary/aromatic N) is 1. The van der Waals surface area contributed by atoms with Crippen LogP contribution in [0.1, 0.15) is 34.8 Å². The molecule has 0 unspecified atom stereocenters. The molecule has 0 saturated carbocycles. The van der Waals surface area contributed by atoms with E-state index in [4.69, 9.17) is 17.3 Å². The summed E-state index contributed by atoms with van der Waals surface area (Å²) < 4.78 is 30.5. The second kappa shape index (κ2) is 5.88. The molecule has 0 aliphatic rings. The highest BCUT2D eigenvalue weighted by Gasteiger charge is 2.25. The van der Waals surface area contributed by atoms with Crippen molar-refractivity contribution in [2.45, 2.75) is 19.9 Å². The molecule has 1 heterocycles. The molecule has 0 amide bonds. The highest BCUT2D eigenvalue weighted by molar-refractivity contribution is 6.30. The van der Waals surface area contributed by atoms with Crippen LogP contribution in [-0.4, -0.2) is 17.6 Å². The summed E-state index contributed by atoms with van der Waals surface area (Å²) in [6.07, 6.45) is -1.89. The van der Waals surface area contributed by atoms with Crippen molar-refractivity contribution in [3.05, 3.63) is 28.0 Å². The van der Waals surface area contributed by atoms with Crippen LogP contribution in [0.15, 0.2) is 6.20 Å². The minimum atomic E-state index is -2.87. The van der Waals surface area contributed by atoms with Crippen LogP contribution in [0, 0.1) is 0 Å². The van der Waals surface area contributed by atoms with Gasteiger partial charge in [0.05, 0.1) is 12.2 Å². The molecule has 0 aliphatic carbocycles. The molecule has 1 rings (SSSR count). The minimum absolute atomic E-state index is 0.0350. The predicted molar refractivity (Wildman–Crippen MR) is 58.1 cm³/mol. The zero-order valence-corrected chi connectivity index (χ0v) is 9.80. The third-order valence-corrected chi connectivity index (χ3v) is 2.41. The van der Waals surface area contributed by atoms with E-state index < -0.39 is 18.0 Å². The van der Waals surface area contributed by atoms with Crippen LogP contribution in [-0.2, 0) is 11.3 Å². The number of esters is 1. The van der Waals surface area contributed by atoms with E-state index in [0.29, 0.717) is 0 Å². The average molecular weight is 265 g/mol. The Hall–Kier alpha value is -1.27. The molecule has 0 bridgehead atoms. The average Bonchev–Trinajstić information content (AvgIpc) is 2.28. The molecule has 1 aromatic rings. The van der Waals surface area contributed by atoms with Gasteiger partial charge in [0.2, 0.25) is 0 Å². The molecule has 7 heteroatoms. The molecule has 0 radical (unpaired) electrons. The third-order valence-electron chi connectivity index (χ3n) is 2.09. The summed E-state index contributed by atoms with van der Waals surface area (Å²) in [6, 6.07) is 0. The molecule has 0 fully saturated rings. The molecule has 4 nitrogen and oxygen atoms in total. The first-order valence-electron chi connectivity index (χ1n) is 4.85. The Morgan fingerprint density at radius 3 is 2.76 bits per heavy atom. The van der Waals surface area contributed by atoms with Gasteiger partial charge < -0.3 is 10.5 Å². The lowest BCUT2D eigenvalue weighted by Gasteiger charge is -2.12. The Kier molecular flexibility index (Phi) is 4.77. The Balaban J connectivity index is 3.35. The summed E-state index contributed by atoms with van der Waals surface area (Å²) in [4.78, 5) is 15.1. The van der Waals surface area contributed by atoms with Gasteiger partial charge in [-0.3, -0.25) is 0 Å². The van der Waals surface area contributed by atoms with Gasteiger partial charge in [-0.1, -0.05) is 11.6 Å². The lowest BCUT2D eigenvalue weighted by Crippen LogP contribution is -2.14.